The summed E-state index contributed by atoms with van der Waals surface area (Å²) >= 11 is 0. The number of nitrogens with one attached hydrogen (secondary N) is 2. The topological polar surface area (TPSA) is 780 Å². The molecule has 0 radical (unpaired) electrons. The lowest BCUT2D eigenvalue weighted by atomic mass is 9.93. The van der Waals surface area contributed by atoms with Gasteiger partial charge in [0.2, 0.25) is 11.8 Å². The van der Waals surface area contributed by atoms with Crippen molar-refractivity contribution in [2.75, 3.05) is 46.2 Å². The van der Waals surface area contributed by atoms with Crippen molar-refractivity contribution in [1.29, 1.82) is 0 Å². The van der Waals surface area contributed by atoms with Crippen LogP contribution in [-0.2, 0) is 99.6 Å². The molecule has 10 rings (SSSR count). The standard InChI is InChI=1S/C64H108N2O48/c1-13-27(75)35(83)42(90)58(97-13)109-49-25(65-16(4)73)56(105-22(10-71)47(49)107-61-45(93)38(86)30(78)18(6-67)101-61)112-52-39(87)31(79)19(7-68)102-62(52)96-12-24-34(82)51(46(94)55(95)100-24)111-64-53(40(88)32(80)21(9-70)104-64)113-57-26(66-17(5)74)50(110-59-43(91)36(84)28(76)14(2)98-59)48(23(11-72)106-57)108-63-54(41(89)33(81)20(8-69)103-63)114-60-44(92)37(85)29(77)15(3)99-60/h13-15,18-64,67-72,75-95H,6-12H2,1-5H3,(H,65,73)(H,66,74)/t13-,14-,15-,18-,19-,20-,21-,22-,23-,24-,25-,26-,27+,28+,29+,30+,31-,32-,33+,34-,35+,36+,37-,38+,39+,40+,41+,42-,43-,44-,45-,46+,47-,48-,49-,50-,51+,52+,53+,54-,55+,56+,57+,58-,59-,60-,61+,62+,63+,64-/m1/s1. The molecule has 10 fully saturated rings. The number of carbonyl (C=O) groups excluding carboxylic acids is 2. The fourth-order valence-corrected chi connectivity index (χ4v) is 14.9. The maximum absolute atomic E-state index is 13.5. The smallest absolute Gasteiger partial charge is 0.217 e. The fraction of sp³-hybridized carbons (Fsp3) is 0.969. The summed E-state index contributed by atoms with van der Waals surface area (Å²) in [6, 6.07) is -3.99. The van der Waals surface area contributed by atoms with Gasteiger partial charge in [-0.3, -0.25) is 9.59 Å². The van der Waals surface area contributed by atoms with Crippen molar-refractivity contribution >= 4 is 11.8 Å². The molecule has 0 bridgehead atoms. The lowest BCUT2D eigenvalue weighted by molar-refractivity contribution is -0.405. The van der Waals surface area contributed by atoms with Crippen molar-refractivity contribution in [3.05, 3.63) is 0 Å². The maximum Gasteiger partial charge on any atom is 0.217 e. The molecule has 0 aromatic heterocycles. The van der Waals surface area contributed by atoms with E-state index in [4.69, 9.17) is 90.0 Å². The lowest BCUT2D eigenvalue weighted by Gasteiger charge is -2.52. The molecule has 50 heteroatoms. The van der Waals surface area contributed by atoms with Gasteiger partial charge in [-0.1, -0.05) is 0 Å². The number of ether oxygens (including phenoxy) is 19. The number of aliphatic hydroxyl groups is 27. The Kier molecular flexibility index (Phi) is 32.7. The van der Waals surface area contributed by atoms with Crippen LogP contribution in [0.1, 0.15) is 34.6 Å². The van der Waals surface area contributed by atoms with E-state index in [-0.39, 0.29) is 0 Å². The molecule has 0 saturated carbocycles. The molecule has 0 spiro atoms. The Balaban J connectivity index is 0.934. The van der Waals surface area contributed by atoms with Crippen LogP contribution < -0.4 is 10.6 Å². The summed E-state index contributed by atoms with van der Waals surface area (Å²) in [6.45, 7) is -2.17. The fourth-order valence-electron chi connectivity index (χ4n) is 14.9. The zero-order valence-corrected chi connectivity index (χ0v) is 61.5. The van der Waals surface area contributed by atoms with Gasteiger partial charge in [-0.15, -0.1) is 0 Å². The molecule has 0 unspecified atom stereocenters. The summed E-state index contributed by atoms with van der Waals surface area (Å²) in [5, 5.41) is 303. The van der Waals surface area contributed by atoms with Gasteiger partial charge in [-0.25, -0.2) is 0 Å². The minimum absolute atomic E-state index is 0.918. The summed E-state index contributed by atoms with van der Waals surface area (Å²) in [4.78, 5) is 26.8. The van der Waals surface area contributed by atoms with Crippen LogP contribution in [0.25, 0.3) is 0 Å². The molecule has 10 aliphatic rings. The number of amides is 2. The maximum atomic E-state index is 13.5. The van der Waals surface area contributed by atoms with Crippen molar-refractivity contribution < 1.29 is 237 Å². The Labute approximate surface area is 646 Å². The average Bonchev–Trinajstić information content (AvgIpc) is 0.763. The van der Waals surface area contributed by atoms with Gasteiger partial charge in [0.1, 0.15) is 226 Å². The number of hydrogen-bond acceptors (Lipinski definition) is 48. The minimum Gasteiger partial charge on any atom is -0.394 e. The molecule has 10 saturated heterocycles. The van der Waals surface area contributed by atoms with E-state index in [1.807, 2.05) is 0 Å². The second-order valence-corrected chi connectivity index (χ2v) is 29.5. The van der Waals surface area contributed by atoms with Crippen LogP contribution in [0.5, 0.6) is 0 Å². The summed E-state index contributed by atoms with van der Waals surface area (Å²) in [5.74, 6) is -1.97. The van der Waals surface area contributed by atoms with E-state index in [9.17, 15) is 147 Å². The normalized spacial score (nSPS) is 52.5. The second-order valence-electron chi connectivity index (χ2n) is 29.5. The molecule has 0 aromatic rings. The first kappa shape index (κ1) is 93.4. The van der Waals surface area contributed by atoms with Crippen molar-refractivity contribution in [2.45, 2.75) is 342 Å². The van der Waals surface area contributed by atoms with Crippen LogP contribution >= 0.6 is 0 Å². The highest BCUT2D eigenvalue weighted by atomic mass is 16.8. The zero-order valence-electron chi connectivity index (χ0n) is 61.5. The molecule has 0 aliphatic carbocycles. The minimum atomic E-state index is -2.46. The van der Waals surface area contributed by atoms with Gasteiger partial charge in [-0.2, -0.15) is 0 Å². The highest BCUT2D eigenvalue weighted by molar-refractivity contribution is 5.73. The van der Waals surface area contributed by atoms with Crippen LogP contribution in [0.2, 0.25) is 0 Å². The van der Waals surface area contributed by atoms with Gasteiger partial charge in [-0.05, 0) is 20.8 Å². The van der Waals surface area contributed by atoms with E-state index in [1.54, 1.807) is 0 Å². The number of carbonyl (C=O) groups is 2. The van der Waals surface area contributed by atoms with E-state index in [0.717, 1.165) is 13.8 Å². The number of rotatable bonds is 27. The molecule has 0 aromatic carbocycles. The second kappa shape index (κ2) is 40.0. The Morgan fingerprint density at radius 2 is 0.509 bits per heavy atom. The first-order valence-electron chi connectivity index (χ1n) is 36.7. The first-order chi connectivity index (χ1) is 53.8. The summed E-state index contributed by atoms with van der Waals surface area (Å²) in [7, 11) is 0. The monoisotopic (exact) mass is 1670 g/mol. The summed E-state index contributed by atoms with van der Waals surface area (Å²) in [6.07, 6.45) is -97.7. The Hall–Kier alpha value is -2.90. The molecule has 10 heterocycles. The van der Waals surface area contributed by atoms with Crippen LogP contribution in [0.15, 0.2) is 0 Å². The molecular weight excluding hydrogens is 1560 g/mol. The van der Waals surface area contributed by atoms with Crippen molar-refractivity contribution in [1.82, 2.24) is 10.6 Å². The van der Waals surface area contributed by atoms with Crippen LogP contribution in [0, 0.1) is 0 Å². The molecule has 10 aliphatic heterocycles. The van der Waals surface area contributed by atoms with Crippen molar-refractivity contribution in [3.63, 3.8) is 0 Å². The highest BCUT2D eigenvalue weighted by Crippen LogP contribution is 2.42. The Bertz CT molecular complexity index is 2990. The third kappa shape index (κ3) is 19.7. The van der Waals surface area contributed by atoms with Crippen LogP contribution in [0.3, 0.4) is 0 Å². The molecule has 29 N–H and O–H groups in total. The van der Waals surface area contributed by atoms with Gasteiger partial charge < -0.3 is 239 Å². The average molecular weight is 1670 g/mol. The zero-order chi connectivity index (χ0) is 83.8. The molecule has 662 valence electrons. The number of aliphatic hydroxyl groups excluding tert-OH is 27. The molecule has 2 amide bonds. The molecular formula is C64H108N2O48. The quantitative estimate of drug-likeness (QED) is 0.0363. The van der Waals surface area contributed by atoms with E-state index < -0.39 is 365 Å². The van der Waals surface area contributed by atoms with E-state index >= 15 is 0 Å². The van der Waals surface area contributed by atoms with Crippen LogP contribution in [-0.4, -0.2) is 503 Å². The van der Waals surface area contributed by atoms with Crippen molar-refractivity contribution in [3.8, 4) is 0 Å². The number of hydrogen-bond donors (Lipinski definition) is 29. The molecule has 50 nitrogen and oxygen atoms in total. The molecule has 50 atom stereocenters. The van der Waals surface area contributed by atoms with E-state index in [0.29, 0.717) is 0 Å². The van der Waals surface area contributed by atoms with Gasteiger partial charge in [0.15, 0.2) is 62.9 Å². The van der Waals surface area contributed by atoms with Gasteiger partial charge in [0.05, 0.1) is 64.6 Å². The SMILES string of the molecule is CC(=O)N[C@H]1[C@H](O[C@@H]2[C@@H](OC[C@H]3O[C@H](O)[C@@H](O)[C@@H](O[C@H]4O[C@H](CO)[C@@H](O)[C@H](O)[C@@H]4O[C@@H]4O[C@H](CO)[C@@H](O[C@@H]5O[C@H](CO)[C@H](O)[C@H](O)[C@H]5O[C@H]5O[C@H](C)[C@H](O)[C@@H](O)[C@H]5O)[C@H](O[C@H]5O[C@H](C)[C@H](O)[C@H](O)[C@H]5O)[C@H]4NC(C)=O)[C@@H]3O)O[C@H](CO)[C@@H](O)[C@@H]2O)O[C@H](CO)[C@@H](O[C@@H]2O[C@H](CO)[C@H](O)[C@H](O)[C@H]2O)[C@@H]1O[C@H]1O[C@H](C)[C@H](O)[C@H](O)[C@H]1O. The predicted molar refractivity (Wildman–Crippen MR) is 349 cm³/mol. The summed E-state index contributed by atoms with van der Waals surface area (Å²) in [5.41, 5.74) is 0. The lowest BCUT2D eigenvalue weighted by Crippen LogP contribution is -2.71. The van der Waals surface area contributed by atoms with Gasteiger partial charge in [0, 0.05) is 13.8 Å². The first-order valence-corrected chi connectivity index (χ1v) is 36.7. The molecule has 114 heavy (non-hydrogen) atoms. The van der Waals surface area contributed by atoms with Crippen molar-refractivity contribution in [2.24, 2.45) is 0 Å². The third-order valence-corrected chi connectivity index (χ3v) is 21.6. The Morgan fingerprint density at radius 1 is 0.246 bits per heavy atom. The van der Waals surface area contributed by atoms with E-state index in [1.165, 1.54) is 20.8 Å². The van der Waals surface area contributed by atoms with Crippen LogP contribution in [0.4, 0.5) is 0 Å². The van der Waals surface area contributed by atoms with E-state index in [2.05, 4.69) is 10.6 Å². The largest absolute Gasteiger partial charge is 0.394 e. The summed E-state index contributed by atoms with van der Waals surface area (Å²) < 4.78 is 114. The highest BCUT2D eigenvalue weighted by Gasteiger charge is 2.62. The predicted octanol–water partition coefficient (Wildman–Crippen LogP) is -19.4. The Morgan fingerprint density at radius 3 is 0.860 bits per heavy atom. The van der Waals surface area contributed by atoms with Gasteiger partial charge in [0.25, 0.3) is 0 Å². The third-order valence-electron chi connectivity index (χ3n) is 21.6. The van der Waals surface area contributed by atoms with Gasteiger partial charge >= 0.3 is 0 Å².